The number of ether oxygens (including phenoxy) is 1. The number of anilines is 1. The normalized spacial score (nSPS) is 14.3. The summed E-state index contributed by atoms with van der Waals surface area (Å²) in [5, 5.41) is 9.10. The molecule has 0 spiro atoms. The maximum atomic E-state index is 11.5. The van der Waals surface area contributed by atoms with Crippen LogP contribution in [0.25, 0.3) is 10.8 Å². The Morgan fingerprint density at radius 1 is 1.35 bits per heavy atom. The maximum absolute atomic E-state index is 11.5. The van der Waals surface area contributed by atoms with E-state index >= 15 is 0 Å². The van der Waals surface area contributed by atoms with Gasteiger partial charge in [-0.15, -0.1) is 11.3 Å². The van der Waals surface area contributed by atoms with Crippen LogP contribution >= 0.6 is 11.3 Å². The average Bonchev–Trinajstić information content (AvgIpc) is 3.15. The van der Waals surface area contributed by atoms with Crippen LogP contribution in [0.2, 0.25) is 0 Å². The molecular formula is C18H17N5O2S. The zero-order valence-corrected chi connectivity index (χ0v) is 14.9. The molecule has 1 aliphatic rings. The Morgan fingerprint density at radius 2 is 2.19 bits per heavy atom. The van der Waals surface area contributed by atoms with Crippen molar-refractivity contribution >= 4 is 22.9 Å². The van der Waals surface area contributed by atoms with Crippen LogP contribution in [-0.2, 0) is 11.3 Å². The number of nitrogens with zero attached hydrogens (tertiary/aromatic N) is 3. The highest BCUT2D eigenvalue weighted by Crippen LogP contribution is 2.30. The van der Waals surface area contributed by atoms with E-state index in [2.05, 4.69) is 32.5 Å². The molecule has 3 heterocycles. The lowest BCUT2D eigenvalue weighted by Gasteiger charge is -2.20. The van der Waals surface area contributed by atoms with Gasteiger partial charge in [0, 0.05) is 30.4 Å². The van der Waals surface area contributed by atoms with Crippen LogP contribution in [0.3, 0.4) is 0 Å². The monoisotopic (exact) mass is 367 g/mol. The van der Waals surface area contributed by atoms with Gasteiger partial charge in [0.15, 0.2) is 17.4 Å². The van der Waals surface area contributed by atoms with E-state index in [-0.39, 0.29) is 18.6 Å². The van der Waals surface area contributed by atoms with E-state index in [1.54, 1.807) is 18.5 Å². The number of carbonyl (C=O) groups excluding carboxylic acids is 1. The number of aromatic nitrogens is 3. The molecular weight excluding hydrogens is 350 g/mol. The van der Waals surface area contributed by atoms with Crippen LogP contribution in [0, 0.1) is 0 Å². The van der Waals surface area contributed by atoms with Gasteiger partial charge in [0.2, 0.25) is 0 Å². The molecule has 0 fully saturated rings. The van der Waals surface area contributed by atoms with E-state index in [9.17, 15) is 4.79 Å². The van der Waals surface area contributed by atoms with Gasteiger partial charge >= 0.3 is 0 Å². The summed E-state index contributed by atoms with van der Waals surface area (Å²) in [5.41, 5.74) is 2.72. The van der Waals surface area contributed by atoms with Crippen molar-refractivity contribution in [1.82, 2.24) is 20.3 Å². The molecule has 1 aliphatic heterocycles. The second kappa shape index (κ2) is 7.19. The minimum absolute atomic E-state index is 0.0669. The Morgan fingerprint density at radius 3 is 3.04 bits per heavy atom. The third-order valence-electron chi connectivity index (χ3n) is 4.03. The number of fused-ring (bicyclic) bond motifs is 1. The first-order chi connectivity index (χ1) is 12.7. The Kier molecular flexibility index (Phi) is 4.59. The van der Waals surface area contributed by atoms with Gasteiger partial charge < -0.3 is 15.4 Å². The SMILES string of the molecule is C[C@@H](NCc1csc(-c2ncccn2)n1)c1ccc2c(c1)NC(=O)CO2. The molecule has 7 nitrogen and oxygen atoms in total. The number of nitrogens with one attached hydrogen (secondary N) is 2. The van der Waals surface area contributed by atoms with Crippen molar-refractivity contribution in [2.45, 2.75) is 19.5 Å². The quantitative estimate of drug-likeness (QED) is 0.721. The van der Waals surface area contributed by atoms with Crippen LogP contribution in [0.1, 0.15) is 24.2 Å². The van der Waals surface area contributed by atoms with E-state index in [1.807, 2.05) is 23.6 Å². The maximum Gasteiger partial charge on any atom is 0.262 e. The van der Waals surface area contributed by atoms with Gasteiger partial charge in [0.1, 0.15) is 5.75 Å². The van der Waals surface area contributed by atoms with Gasteiger partial charge in [-0.2, -0.15) is 0 Å². The minimum Gasteiger partial charge on any atom is -0.482 e. The fourth-order valence-corrected chi connectivity index (χ4v) is 3.41. The molecule has 4 rings (SSSR count). The Hall–Kier alpha value is -2.84. The molecule has 26 heavy (non-hydrogen) atoms. The van der Waals surface area contributed by atoms with Crippen molar-refractivity contribution in [3.05, 3.63) is 53.3 Å². The molecule has 132 valence electrons. The molecule has 1 atom stereocenters. The van der Waals surface area contributed by atoms with Crippen molar-refractivity contribution in [3.63, 3.8) is 0 Å². The van der Waals surface area contributed by atoms with Crippen LogP contribution in [-0.4, -0.2) is 27.5 Å². The van der Waals surface area contributed by atoms with Gasteiger partial charge in [-0.1, -0.05) is 6.07 Å². The molecule has 8 heteroatoms. The van der Waals surface area contributed by atoms with Crippen LogP contribution in [0.4, 0.5) is 5.69 Å². The number of hydrogen-bond donors (Lipinski definition) is 2. The van der Waals surface area contributed by atoms with Gasteiger partial charge in [-0.3, -0.25) is 4.79 Å². The van der Waals surface area contributed by atoms with Crippen molar-refractivity contribution in [2.24, 2.45) is 0 Å². The molecule has 1 aromatic carbocycles. The highest BCUT2D eigenvalue weighted by molar-refractivity contribution is 7.13. The lowest BCUT2D eigenvalue weighted by molar-refractivity contribution is -0.118. The summed E-state index contributed by atoms with van der Waals surface area (Å²) < 4.78 is 5.39. The van der Waals surface area contributed by atoms with Crippen molar-refractivity contribution < 1.29 is 9.53 Å². The molecule has 0 unspecified atom stereocenters. The predicted molar refractivity (Wildman–Crippen MR) is 99.0 cm³/mol. The fourth-order valence-electron chi connectivity index (χ4n) is 2.65. The standard InChI is InChI=1S/C18H17N5O2S/c1-11(12-3-4-15-14(7-12)23-16(24)9-25-15)21-8-13-10-26-18(22-13)17-19-5-2-6-20-17/h2-7,10-11,21H,8-9H2,1H3,(H,23,24)/t11-/m1/s1. The highest BCUT2D eigenvalue weighted by atomic mass is 32.1. The fraction of sp³-hybridized carbons (Fsp3) is 0.222. The van der Waals surface area contributed by atoms with Crippen LogP contribution in [0.5, 0.6) is 5.75 Å². The van der Waals surface area contributed by atoms with E-state index < -0.39 is 0 Å². The highest BCUT2D eigenvalue weighted by Gasteiger charge is 2.17. The van der Waals surface area contributed by atoms with Crippen LogP contribution in [0.15, 0.2) is 42.0 Å². The average molecular weight is 367 g/mol. The first-order valence-electron chi connectivity index (χ1n) is 8.21. The number of hydrogen-bond acceptors (Lipinski definition) is 7. The first kappa shape index (κ1) is 16.6. The van der Waals surface area contributed by atoms with Gasteiger partial charge in [0.25, 0.3) is 5.91 Å². The topological polar surface area (TPSA) is 89.0 Å². The third-order valence-corrected chi connectivity index (χ3v) is 4.92. The lowest BCUT2D eigenvalue weighted by Crippen LogP contribution is -2.26. The molecule has 0 radical (unpaired) electrons. The number of benzene rings is 1. The smallest absolute Gasteiger partial charge is 0.262 e. The minimum atomic E-state index is -0.131. The number of amides is 1. The lowest BCUT2D eigenvalue weighted by atomic mass is 10.1. The second-order valence-electron chi connectivity index (χ2n) is 5.91. The summed E-state index contributed by atoms with van der Waals surface area (Å²) in [6.07, 6.45) is 3.42. The third kappa shape index (κ3) is 3.56. The Labute approximate surface area is 154 Å². The zero-order valence-electron chi connectivity index (χ0n) is 14.1. The molecule has 1 amide bonds. The molecule has 0 saturated heterocycles. The molecule has 0 bridgehead atoms. The summed E-state index contributed by atoms with van der Waals surface area (Å²) in [4.78, 5) is 24.5. The Bertz CT molecular complexity index is 928. The van der Waals surface area contributed by atoms with Crippen molar-refractivity contribution in [3.8, 4) is 16.6 Å². The molecule has 2 N–H and O–H groups in total. The molecule has 0 saturated carbocycles. The zero-order chi connectivity index (χ0) is 17.9. The second-order valence-corrected chi connectivity index (χ2v) is 6.77. The van der Waals surface area contributed by atoms with E-state index in [0.29, 0.717) is 23.8 Å². The van der Waals surface area contributed by atoms with E-state index in [0.717, 1.165) is 16.3 Å². The van der Waals surface area contributed by atoms with E-state index in [1.165, 1.54) is 11.3 Å². The number of thiazole rings is 1. The van der Waals surface area contributed by atoms with Gasteiger partial charge in [0.05, 0.1) is 11.4 Å². The summed E-state index contributed by atoms with van der Waals surface area (Å²) in [6.45, 7) is 2.77. The van der Waals surface area contributed by atoms with E-state index in [4.69, 9.17) is 4.74 Å². The number of carbonyl (C=O) groups is 1. The van der Waals surface area contributed by atoms with Crippen LogP contribution < -0.4 is 15.4 Å². The molecule has 2 aromatic heterocycles. The van der Waals surface area contributed by atoms with Gasteiger partial charge in [-0.25, -0.2) is 15.0 Å². The van der Waals surface area contributed by atoms with Gasteiger partial charge in [-0.05, 0) is 30.7 Å². The summed E-state index contributed by atoms with van der Waals surface area (Å²) in [6, 6.07) is 7.70. The molecule has 3 aromatic rings. The number of rotatable bonds is 5. The van der Waals surface area contributed by atoms with Crippen molar-refractivity contribution in [1.29, 1.82) is 0 Å². The summed E-state index contributed by atoms with van der Waals surface area (Å²) >= 11 is 1.53. The Balaban J connectivity index is 1.41. The first-order valence-corrected chi connectivity index (χ1v) is 9.09. The summed E-state index contributed by atoms with van der Waals surface area (Å²) in [5.74, 6) is 1.21. The predicted octanol–water partition coefficient (Wildman–Crippen LogP) is 2.78. The summed E-state index contributed by atoms with van der Waals surface area (Å²) in [7, 11) is 0. The van der Waals surface area contributed by atoms with Crippen molar-refractivity contribution in [2.75, 3.05) is 11.9 Å². The molecule has 0 aliphatic carbocycles. The largest absolute Gasteiger partial charge is 0.482 e.